The molecule has 3 nitrogen and oxygen atoms in total. The summed E-state index contributed by atoms with van der Waals surface area (Å²) in [7, 11) is 0. The molecule has 0 fully saturated rings. The van der Waals surface area contributed by atoms with Crippen molar-refractivity contribution >= 4 is 11.6 Å². The summed E-state index contributed by atoms with van der Waals surface area (Å²) in [5.74, 6) is -0.497. The quantitative estimate of drug-likeness (QED) is 0.847. The molecule has 3 rings (SSSR count). The summed E-state index contributed by atoms with van der Waals surface area (Å²) < 4.78 is 15.0. The smallest absolute Gasteiger partial charge is 0.274 e. The molecule has 0 bridgehead atoms. The molecule has 0 spiro atoms. The molecule has 1 aliphatic rings. The van der Waals surface area contributed by atoms with Gasteiger partial charge in [-0.05, 0) is 37.8 Å². The Balaban J connectivity index is 2.24. The van der Waals surface area contributed by atoms with Crippen LogP contribution in [0.5, 0.6) is 0 Å². The van der Waals surface area contributed by atoms with Gasteiger partial charge < -0.3 is 0 Å². The minimum Gasteiger partial charge on any atom is -0.295 e. The number of nitrogens with zero attached hydrogens (tertiary/aromatic N) is 1. The minimum absolute atomic E-state index is 0.110. The van der Waals surface area contributed by atoms with Crippen molar-refractivity contribution in [3.63, 3.8) is 0 Å². The second-order valence-corrected chi connectivity index (χ2v) is 4.89. The topological polar surface area (TPSA) is 37.8 Å². The first kappa shape index (κ1) is 11.5. The van der Waals surface area contributed by atoms with Gasteiger partial charge in [0.25, 0.3) is 5.56 Å². The van der Waals surface area contributed by atoms with Crippen molar-refractivity contribution in [3.8, 4) is 5.69 Å². The highest BCUT2D eigenvalue weighted by molar-refractivity contribution is 6.32. The van der Waals surface area contributed by atoms with Crippen LogP contribution < -0.4 is 5.56 Å². The number of benzene rings is 1. The molecule has 18 heavy (non-hydrogen) atoms. The number of fused-ring (bicyclic) bond motifs is 1. The Kier molecular flexibility index (Phi) is 2.74. The van der Waals surface area contributed by atoms with Crippen LogP contribution in [0.25, 0.3) is 5.69 Å². The summed E-state index contributed by atoms with van der Waals surface area (Å²) in [6.45, 7) is 0. The number of H-pyrrole nitrogens is 1. The van der Waals surface area contributed by atoms with Crippen molar-refractivity contribution in [1.29, 1.82) is 0 Å². The van der Waals surface area contributed by atoms with E-state index in [1.165, 1.54) is 16.8 Å². The van der Waals surface area contributed by atoms with Gasteiger partial charge in [0.2, 0.25) is 0 Å². The molecule has 94 valence electrons. The predicted molar refractivity (Wildman–Crippen MR) is 68.0 cm³/mol. The number of halogens is 2. The molecule has 0 saturated heterocycles. The molecule has 1 heterocycles. The molecule has 0 saturated carbocycles. The van der Waals surface area contributed by atoms with Crippen LogP contribution in [0.4, 0.5) is 4.39 Å². The molecule has 0 radical (unpaired) electrons. The average Bonchev–Trinajstić information content (AvgIpc) is 2.68. The zero-order chi connectivity index (χ0) is 12.7. The summed E-state index contributed by atoms with van der Waals surface area (Å²) in [5.41, 5.74) is 1.60. The summed E-state index contributed by atoms with van der Waals surface area (Å²) in [4.78, 5) is 12.2. The van der Waals surface area contributed by atoms with Crippen LogP contribution in [0.2, 0.25) is 5.02 Å². The highest BCUT2D eigenvalue weighted by Gasteiger charge is 2.20. The Bertz CT molecular complexity index is 639. The number of aryl methyl sites for hydroxylation is 1. The van der Waals surface area contributed by atoms with Gasteiger partial charge in [0.05, 0.1) is 5.02 Å². The monoisotopic (exact) mass is 266 g/mol. The van der Waals surface area contributed by atoms with E-state index < -0.39 is 5.82 Å². The van der Waals surface area contributed by atoms with E-state index in [0.717, 1.165) is 36.9 Å². The molecule has 1 aromatic carbocycles. The van der Waals surface area contributed by atoms with Crippen LogP contribution in [-0.4, -0.2) is 9.78 Å². The maximum Gasteiger partial charge on any atom is 0.274 e. The van der Waals surface area contributed by atoms with Crippen LogP contribution in [0.3, 0.4) is 0 Å². The zero-order valence-corrected chi connectivity index (χ0v) is 10.4. The third-order valence-electron chi connectivity index (χ3n) is 3.34. The predicted octanol–water partition coefficient (Wildman–Crippen LogP) is 2.84. The number of nitrogens with one attached hydrogen (secondary N) is 1. The summed E-state index contributed by atoms with van der Waals surface area (Å²) in [6, 6.07) is 4.40. The van der Waals surface area contributed by atoms with Gasteiger partial charge in [0, 0.05) is 11.3 Å². The largest absolute Gasteiger partial charge is 0.295 e. The van der Waals surface area contributed by atoms with E-state index in [0.29, 0.717) is 0 Å². The van der Waals surface area contributed by atoms with Crippen molar-refractivity contribution in [2.24, 2.45) is 0 Å². The molecule has 5 heteroatoms. The minimum atomic E-state index is -0.497. The van der Waals surface area contributed by atoms with Crippen LogP contribution in [0.1, 0.15) is 24.1 Å². The van der Waals surface area contributed by atoms with E-state index in [1.54, 1.807) is 6.07 Å². The number of hydrogen-bond acceptors (Lipinski definition) is 1. The van der Waals surface area contributed by atoms with E-state index in [-0.39, 0.29) is 16.3 Å². The van der Waals surface area contributed by atoms with Crippen molar-refractivity contribution in [3.05, 3.63) is 50.7 Å². The summed E-state index contributed by atoms with van der Waals surface area (Å²) >= 11 is 5.98. The van der Waals surface area contributed by atoms with Crippen molar-refractivity contribution < 1.29 is 4.39 Å². The Morgan fingerprint density at radius 1 is 1.28 bits per heavy atom. The van der Waals surface area contributed by atoms with E-state index in [4.69, 9.17) is 11.6 Å². The first-order valence-corrected chi connectivity index (χ1v) is 6.33. The lowest BCUT2D eigenvalue weighted by Gasteiger charge is -2.07. The van der Waals surface area contributed by atoms with Gasteiger partial charge in [-0.2, -0.15) is 0 Å². The van der Waals surface area contributed by atoms with Gasteiger partial charge in [-0.15, -0.1) is 0 Å². The molecule has 0 atom stereocenters. The number of rotatable bonds is 1. The molecule has 1 aromatic heterocycles. The summed E-state index contributed by atoms with van der Waals surface area (Å²) in [6.07, 6.45) is 3.65. The second-order valence-electron chi connectivity index (χ2n) is 4.49. The number of hydrogen-bond donors (Lipinski definition) is 1. The third kappa shape index (κ3) is 1.68. The van der Waals surface area contributed by atoms with Crippen molar-refractivity contribution in [2.45, 2.75) is 25.7 Å². The Hall–Kier alpha value is -1.55. The molecule has 2 aromatic rings. The van der Waals surface area contributed by atoms with E-state index in [9.17, 15) is 9.18 Å². The standard InChI is InChI=1S/C13H12ClFN2O/c14-9-5-3-6-10(15)12(9)17-13(18)8-4-1-2-7-11(8)16-17/h3,5-6,16H,1-2,4,7H2. The lowest BCUT2D eigenvalue weighted by Crippen LogP contribution is -2.19. The fourth-order valence-corrected chi connectivity index (χ4v) is 2.69. The van der Waals surface area contributed by atoms with Gasteiger partial charge in [0.1, 0.15) is 11.5 Å². The van der Waals surface area contributed by atoms with Gasteiger partial charge in [-0.3, -0.25) is 9.89 Å². The third-order valence-corrected chi connectivity index (χ3v) is 3.64. The number of aromatic nitrogens is 2. The van der Waals surface area contributed by atoms with Crippen LogP contribution in [0, 0.1) is 5.82 Å². The molecule has 1 N–H and O–H groups in total. The van der Waals surface area contributed by atoms with E-state index >= 15 is 0 Å². The van der Waals surface area contributed by atoms with Gasteiger partial charge in [-0.1, -0.05) is 17.7 Å². The fraction of sp³-hybridized carbons (Fsp3) is 0.308. The maximum absolute atomic E-state index is 13.8. The van der Waals surface area contributed by atoms with E-state index in [1.807, 2.05) is 0 Å². The Labute approximate surface area is 108 Å². The molecule has 1 aliphatic carbocycles. The van der Waals surface area contributed by atoms with Gasteiger partial charge >= 0.3 is 0 Å². The number of aromatic amines is 1. The van der Waals surface area contributed by atoms with Gasteiger partial charge in [0.15, 0.2) is 0 Å². The second kappa shape index (κ2) is 4.28. The number of para-hydroxylation sites is 1. The first-order chi connectivity index (χ1) is 8.68. The van der Waals surface area contributed by atoms with Crippen molar-refractivity contribution in [2.75, 3.05) is 0 Å². The maximum atomic E-state index is 13.8. The lowest BCUT2D eigenvalue weighted by atomic mass is 9.98. The highest BCUT2D eigenvalue weighted by Crippen LogP contribution is 2.24. The van der Waals surface area contributed by atoms with Crippen LogP contribution in [-0.2, 0) is 12.8 Å². The van der Waals surface area contributed by atoms with Gasteiger partial charge in [-0.25, -0.2) is 9.07 Å². The lowest BCUT2D eigenvalue weighted by molar-refractivity contribution is 0.606. The zero-order valence-electron chi connectivity index (χ0n) is 9.67. The molecular weight excluding hydrogens is 255 g/mol. The Morgan fingerprint density at radius 3 is 2.78 bits per heavy atom. The van der Waals surface area contributed by atoms with Crippen LogP contribution in [0.15, 0.2) is 23.0 Å². The molecule has 0 aliphatic heterocycles. The fourth-order valence-electron chi connectivity index (χ4n) is 2.45. The first-order valence-electron chi connectivity index (χ1n) is 5.95. The van der Waals surface area contributed by atoms with Crippen LogP contribution >= 0.6 is 11.6 Å². The SMILES string of the molecule is O=c1c2c([nH]n1-c1c(F)cccc1Cl)CCCC2. The average molecular weight is 267 g/mol. The highest BCUT2D eigenvalue weighted by atomic mass is 35.5. The van der Waals surface area contributed by atoms with Crippen molar-refractivity contribution in [1.82, 2.24) is 9.78 Å². The molecular formula is C13H12ClFN2O. The molecule has 0 amide bonds. The Morgan fingerprint density at radius 2 is 2.06 bits per heavy atom. The van der Waals surface area contributed by atoms with E-state index in [2.05, 4.69) is 5.10 Å². The normalized spacial score (nSPS) is 14.6. The molecule has 0 unspecified atom stereocenters. The summed E-state index contributed by atoms with van der Waals surface area (Å²) in [5, 5.41) is 3.21.